The predicted molar refractivity (Wildman–Crippen MR) is 54.0 cm³/mol. The maximum Gasteiger partial charge on any atom is 0.337 e. The number of carbonyl (C=O) groups is 1. The zero-order chi connectivity index (χ0) is 12.3. The Balaban J connectivity index is 3.31. The zero-order valence-corrected chi connectivity index (χ0v) is 8.51. The standard InChI is InChI=1S/C7H6N2O6S/c10-7(11)5-2-1-4(9(12)13)3-6(5)8-16(14)15/h1-3,16H,(H,10,11)(H,8,14,15). The molecule has 0 saturated carbocycles. The van der Waals surface area contributed by atoms with Crippen LogP contribution >= 0.6 is 0 Å². The maximum atomic E-state index is 10.7. The van der Waals surface area contributed by atoms with E-state index in [4.69, 9.17) is 5.11 Å². The Morgan fingerprint density at radius 1 is 1.44 bits per heavy atom. The van der Waals surface area contributed by atoms with Gasteiger partial charge >= 0.3 is 5.97 Å². The average Bonchev–Trinajstić information content (AvgIpc) is 2.15. The second kappa shape index (κ2) is 4.57. The van der Waals surface area contributed by atoms with Crippen molar-refractivity contribution in [3.05, 3.63) is 33.9 Å². The topological polar surface area (TPSA) is 127 Å². The van der Waals surface area contributed by atoms with Crippen LogP contribution in [-0.2, 0) is 10.9 Å². The summed E-state index contributed by atoms with van der Waals surface area (Å²) in [5, 5.41) is 19.1. The van der Waals surface area contributed by atoms with Crippen LogP contribution < -0.4 is 4.72 Å². The van der Waals surface area contributed by atoms with E-state index in [1.807, 2.05) is 4.72 Å². The summed E-state index contributed by atoms with van der Waals surface area (Å²) < 4.78 is 22.6. The molecule has 0 bridgehead atoms. The summed E-state index contributed by atoms with van der Waals surface area (Å²) in [6.45, 7) is 0. The first-order valence-electron chi connectivity index (χ1n) is 3.84. The largest absolute Gasteiger partial charge is 0.478 e. The van der Waals surface area contributed by atoms with E-state index in [9.17, 15) is 23.3 Å². The highest BCUT2D eigenvalue weighted by atomic mass is 32.2. The van der Waals surface area contributed by atoms with Crippen LogP contribution in [0.4, 0.5) is 11.4 Å². The third-order valence-electron chi connectivity index (χ3n) is 1.66. The number of aromatic carboxylic acids is 1. The Hall–Kier alpha value is -2.16. The lowest BCUT2D eigenvalue weighted by Crippen LogP contribution is -2.05. The predicted octanol–water partition coefficient (Wildman–Crippen LogP) is 0.231. The van der Waals surface area contributed by atoms with Crippen LogP contribution in [0, 0.1) is 10.1 Å². The molecule has 2 N–H and O–H groups in total. The van der Waals surface area contributed by atoms with E-state index in [0.717, 1.165) is 18.2 Å². The number of anilines is 1. The number of thiol groups is 1. The average molecular weight is 246 g/mol. The summed E-state index contributed by atoms with van der Waals surface area (Å²) in [4.78, 5) is 20.3. The normalized spacial score (nSPS) is 10.1. The summed E-state index contributed by atoms with van der Waals surface area (Å²) >= 11 is 0. The van der Waals surface area contributed by atoms with Crippen molar-refractivity contribution in [2.75, 3.05) is 4.72 Å². The summed E-state index contributed by atoms with van der Waals surface area (Å²) in [7, 11) is -3.09. The summed E-state index contributed by atoms with van der Waals surface area (Å²) in [5.41, 5.74) is -1.09. The van der Waals surface area contributed by atoms with Gasteiger partial charge in [-0.2, -0.15) is 0 Å². The number of carboxylic acids is 1. The van der Waals surface area contributed by atoms with Gasteiger partial charge in [-0.05, 0) is 6.07 Å². The van der Waals surface area contributed by atoms with Gasteiger partial charge in [0.2, 0.25) is 10.9 Å². The highest BCUT2D eigenvalue weighted by Crippen LogP contribution is 2.22. The highest BCUT2D eigenvalue weighted by Gasteiger charge is 2.15. The third-order valence-corrected chi connectivity index (χ3v) is 2.08. The number of hydrogen-bond donors (Lipinski definition) is 3. The Morgan fingerprint density at radius 3 is 2.50 bits per heavy atom. The molecule has 8 nitrogen and oxygen atoms in total. The molecule has 0 aliphatic carbocycles. The SMILES string of the molecule is O=C(O)c1ccc([N+](=O)[O-])cc1N[SH](=O)=O. The number of carboxylic acid groups (broad SMARTS) is 1. The van der Waals surface area contributed by atoms with Gasteiger partial charge in [0.25, 0.3) is 5.69 Å². The molecular weight excluding hydrogens is 240 g/mol. The van der Waals surface area contributed by atoms with Gasteiger partial charge in [0.05, 0.1) is 16.2 Å². The van der Waals surface area contributed by atoms with Crippen LogP contribution in [0.5, 0.6) is 0 Å². The summed E-state index contributed by atoms with van der Waals surface area (Å²) in [6, 6.07) is 2.78. The monoisotopic (exact) mass is 246 g/mol. The first-order valence-corrected chi connectivity index (χ1v) is 5.02. The lowest BCUT2D eigenvalue weighted by molar-refractivity contribution is -0.384. The van der Waals surface area contributed by atoms with Gasteiger partial charge in [-0.25, -0.2) is 13.2 Å². The molecule has 16 heavy (non-hydrogen) atoms. The van der Waals surface area contributed by atoms with Crippen molar-refractivity contribution >= 4 is 28.2 Å². The van der Waals surface area contributed by atoms with E-state index in [2.05, 4.69) is 0 Å². The molecule has 0 unspecified atom stereocenters. The van der Waals surface area contributed by atoms with Crippen molar-refractivity contribution in [3.8, 4) is 0 Å². The molecule has 0 amide bonds. The van der Waals surface area contributed by atoms with Gasteiger partial charge in [0, 0.05) is 12.1 Å². The van der Waals surface area contributed by atoms with E-state index in [-0.39, 0.29) is 11.3 Å². The van der Waals surface area contributed by atoms with Gasteiger partial charge in [-0.3, -0.25) is 14.8 Å². The second-order valence-electron chi connectivity index (χ2n) is 2.66. The Kier molecular flexibility index (Phi) is 3.40. The summed E-state index contributed by atoms with van der Waals surface area (Å²) in [5.74, 6) is -1.38. The lowest BCUT2D eigenvalue weighted by atomic mass is 10.1. The maximum absolute atomic E-state index is 10.7. The first-order chi connectivity index (χ1) is 7.41. The molecule has 0 fully saturated rings. The van der Waals surface area contributed by atoms with Gasteiger partial charge in [-0.1, -0.05) is 0 Å². The minimum atomic E-state index is -3.09. The number of nitro benzene ring substituents is 1. The highest BCUT2D eigenvalue weighted by molar-refractivity contribution is 7.73. The number of nitrogens with zero attached hydrogens (tertiary/aromatic N) is 1. The van der Waals surface area contributed by atoms with Crippen molar-refractivity contribution < 1.29 is 23.2 Å². The quantitative estimate of drug-likeness (QED) is 0.396. The molecule has 1 rings (SSSR count). The van der Waals surface area contributed by atoms with E-state index >= 15 is 0 Å². The summed E-state index contributed by atoms with van der Waals surface area (Å²) in [6.07, 6.45) is 0. The van der Waals surface area contributed by atoms with Crippen LogP contribution in [0.15, 0.2) is 18.2 Å². The molecule has 0 atom stereocenters. The Morgan fingerprint density at radius 2 is 2.06 bits per heavy atom. The molecular formula is C7H6N2O6S. The fourth-order valence-electron chi connectivity index (χ4n) is 1.02. The van der Waals surface area contributed by atoms with Crippen LogP contribution in [0.3, 0.4) is 0 Å². The molecule has 9 heteroatoms. The minimum absolute atomic E-state index is 0.335. The van der Waals surface area contributed by atoms with Gasteiger partial charge in [0.15, 0.2) is 0 Å². The molecule has 86 valence electrons. The van der Waals surface area contributed by atoms with Crippen molar-refractivity contribution in [2.45, 2.75) is 0 Å². The van der Waals surface area contributed by atoms with E-state index in [0.29, 0.717) is 0 Å². The van der Waals surface area contributed by atoms with Crippen LogP contribution in [-0.4, -0.2) is 24.4 Å². The molecule has 0 aromatic heterocycles. The fraction of sp³-hybridized carbons (Fsp3) is 0. The molecule has 0 heterocycles. The van der Waals surface area contributed by atoms with Crippen molar-refractivity contribution in [1.82, 2.24) is 0 Å². The smallest absolute Gasteiger partial charge is 0.337 e. The lowest BCUT2D eigenvalue weighted by Gasteiger charge is -2.03. The van der Waals surface area contributed by atoms with Crippen molar-refractivity contribution in [2.24, 2.45) is 0 Å². The van der Waals surface area contributed by atoms with E-state index < -0.39 is 27.5 Å². The Bertz CT molecular complexity index is 516. The van der Waals surface area contributed by atoms with Crippen LogP contribution in [0.1, 0.15) is 10.4 Å². The van der Waals surface area contributed by atoms with E-state index in [1.165, 1.54) is 0 Å². The number of nitro groups is 1. The van der Waals surface area contributed by atoms with Crippen LogP contribution in [0.2, 0.25) is 0 Å². The fourth-order valence-corrected chi connectivity index (χ4v) is 1.40. The molecule has 0 aliphatic rings. The molecule has 1 aromatic carbocycles. The molecule has 0 spiro atoms. The molecule has 0 aliphatic heterocycles. The van der Waals surface area contributed by atoms with Gasteiger partial charge < -0.3 is 5.11 Å². The number of rotatable bonds is 4. The number of benzene rings is 1. The Labute approximate surface area is 90.7 Å². The second-order valence-corrected chi connectivity index (χ2v) is 3.40. The minimum Gasteiger partial charge on any atom is -0.478 e. The number of hydrogen-bond acceptors (Lipinski definition) is 5. The molecule has 0 saturated heterocycles. The number of non-ortho nitro benzene ring substituents is 1. The first kappa shape index (κ1) is 11.9. The van der Waals surface area contributed by atoms with Gasteiger partial charge in [0.1, 0.15) is 0 Å². The van der Waals surface area contributed by atoms with Gasteiger partial charge in [-0.15, -0.1) is 0 Å². The molecule has 1 aromatic rings. The number of nitrogens with one attached hydrogen (secondary N) is 1. The van der Waals surface area contributed by atoms with Crippen LogP contribution in [0.25, 0.3) is 0 Å². The third kappa shape index (κ3) is 2.67. The zero-order valence-electron chi connectivity index (χ0n) is 7.61. The van der Waals surface area contributed by atoms with E-state index in [1.54, 1.807) is 0 Å². The van der Waals surface area contributed by atoms with Crippen molar-refractivity contribution in [3.63, 3.8) is 0 Å². The van der Waals surface area contributed by atoms with Crippen molar-refractivity contribution in [1.29, 1.82) is 0 Å². The molecule has 0 radical (unpaired) electrons.